The molecular formula is C14H10N4O4. The number of aromatic nitrogens is 1. The van der Waals surface area contributed by atoms with Crippen LogP contribution in [0.25, 0.3) is 0 Å². The summed E-state index contributed by atoms with van der Waals surface area (Å²) in [5.41, 5.74) is 0.326. The van der Waals surface area contributed by atoms with Crippen LogP contribution in [0.15, 0.2) is 30.3 Å². The van der Waals surface area contributed by atoms with Gasteiger partial charge in [-0.3, -0.25) is 10.1 Å². The van der Waals surface area contributed by atoms with Gasteiger partial charge in [0.15, 0.2) is 11.5 Å². The predicted molar refractivity (Wildman–Crippen MR) is 75.5 cm³/mol. The fourth-order valence-electron chi connectivity index (χ4n) is 2.10. The third-order valence-corrected chi connectivity index (χ3v) is 3.11. The number of ether oxygens (including phenoxy) is 2. The molecule has 0 radical (unpaired) electrons. The summed E-state index contributed by atoms with van der Waals surface area (Å²) in [5, 5.41) is 22.7. The number of nitrogens with zero attached hydrogens (tertiary/aromatic N) is 3. The molecular weight excluding hydrogens is 288 g/mol. The maximum Gasteiger partial charge on any atom is 0.305 e. The highest BCUT2D eigenvalue weighted by molar-refractivity contribution is 5.52. The Hall–Kier alpha value is -3.34. The van der Waals surface area contributed by atoms with E-state index in [9.17, 15) is 10.1 Å². The van der Waals surface area contributed by atoms with Crippen LogP contribution in [0, 0.1) is 21.4 Å². The summed E-state index contributed by atoms with van der Waals surface area (Å²) >= 11 is 0. The van der Waals surface area contributed by atoms with Gasteiger partial charge in [0.05, 0.1) is 4.92 Å². The number of nitriles is 1. The zero-order valence-electron chi connectivity index (χ0n) is 11.3. The van der Waals surface area contributed by atoms with Crippen molar-refractivity contribution in [3.63, 3.8) is 0 Å². The van der Waals surface area contributed by atoms with Crippen molar-refractivity contribution in [2.24, 2.45) is 0 Å². The average Bonchev–Trinajstić information content (AvgIpc) is 3.01. The van der Waals surface area contributed by atoms with Gasteiger partial charge in [0, 0.05) is 18.2 Å². The van der Waals surface area contributed by atoms with Gasteiger partial charge in [-0.1, -0.05) is 12.1 Å². The predicted octanol–water partition coefficient (Wildman–Crippen LogP) is 2.20. The van der Waals surface area contributed by atoms with Crippen molar-refractivity contribution in [1.82, 2.24) is 4.98 Å². The van der Waals surface area contributed by atoms with E-state index < -0.39 is 4.92 Å². The smallest absolute Gasteiger partial charge is 0.305 e. The number of benzene rings is 1. The Bertz CT molecular complexity index is 785. The van der Waals surface area contributed by atoms with E-state index in [0.717, 1.165) is 5.56 Å². The molecule has 0 bridgehead atoms. The van der Waals surface area contributed by atoms with Crippen molar-refractivity contribution in [3.8, 4) is 17.6 Å². The SMILES string of the molecule is N#Cc1nc(NCc2cccc3c2OCO3)ccc1[N+](=O)[O-]. The minimum absolute atomic E-state index is 0.181. The molecule has 0 saturated carbocycles. The van der Waals surface area contributed by atoms with Gasteiger partial charge in [-0.15, -0.1) is 0 Å². The highest BCUT2D eigenvalue weighted by Gasteiger charge is 2.18. The van der Waals surface area contributed by atoms with Gasteiger partial charge >= 0.3 is 5.69 Å². The second-order valence-corrected chi connectivity index (χ2v) is 4.44. The van der Waals surface area contributed by atoms with Crippen LogP contribution in [0.2, 0.25) is 0 Å². The summed E-state index contributed by atoms with van der Waals surface area (Å²) in [6.07, 6.45) is 0. The summed E-state index contributed by atoms with van der Waals surface area (Å²) in [4.78, 5) is 14.1. The van der Waals surface area contributed by atoms with Crippen LogP contribution in [-0.4, -0.2) is 16.7 Å². The Labute approximate surface area is 125 Å². The normalized spacial score (nSPS) is 11.8. The number of pyridine rings is 1. The largest absolute Gasteiger partial charge is 0.454 e. The maximum atomic E-state index is 10.8. The van der Waals surface area contributed by atoms with Crippen molar-refractivity contribution in [2.75, 3.05) is 12.1 Å². The molecule has 1 aliphatic rings. The lowest BCUT2D eigenvalue weighted by Gasteiger charge is -2.08. The van der Waals surface area contributed by atoms with Gasteiger partial charge in [0.2, 0.25) is 12.5 Å². The number of fused-ring (bicyclic) bond motifs is 1. The van der Waals surface area contributed by atoms with Crippen molar-refractivity contribution in [1.29, 1.82) is 5.26 Å². The van der Waals surface area contributed by atoms with Gasteiger partial charge in [-0.2, -0.15) is 5.26 Å². The molecule has 0 saturated heterocycles. The zero-order valence-corrected chi connectivity index (χ0v) is 11.3. The van der Waals surface area contributed by atoms with Gasteiger partial charge in [0.1, 0.15) is 11.9 Å². The standard InChI is InChI=1S/C14H10N4O4/c15-6-10-11(18(19)20)4-5-13(17-10)16-7-9-2-1-3-12-14(9)22-8-21-12/h1-5H,7-8H2,(H,16,17). The molecule has 0 amide bonds. The topological polar surface area (TPSA) is 110 Å². The Balaban J connectivity index is 1.79. The number of hydrogen-bond acceptors (Lipinski definition) is 7. The summed E-state index contributed by atoms with van der Waals surface area (Å²) in [7, 11) is 0. The molecule has 1 aliphatic heterocycles. The van der Waals surface area contributed by atoms with E-state index in [1.165, 1.54) is 12.1 Å². The maximum absolute atomic E-state index is 10.8. The molecule has 0 unspecified atom stereocenters. The summed E-state index contributed by atoms with van der Waals surface area (Å²) in [6, 6.07) is 9.95. The fourth-order valence-corrected chi connectivity index (χ4v) is 2.10. The van der Waals surface area contributed by atoms with Crippen molar-refractivity contribution in [3.05, 3.63) is 51.7 Å². The first-order chi connectivity index (χ1) is 10.7. The molecule has 110 valence electrons. The number of rotatable bonds is 4. The molecule has 0 spiro atoms. The highest BCUT2D eigenvalue weighted by Crippen LogP contribution is 2.35. The van der Waals surface area contributed by atoms with Crippen LogP contribution in [0.4, 0.5) is 11.5 Å². The van der Waals surface area contributed by atoms with E-state index in [1.807, 2.05) is 18.2 Å². The number of hydrogen-bond donors (Lipinski definition) is 1. The molecule has 2 heterocycles. The first-order valence-corrected chi connectivity index (χ1v) is 6.36. The summed E-state index contributed by atoms with van der Waals surface area (Å²) < 4.78 is 10.7. The van der Waals surface area contributed by atoms with E-state index >= 15 is 0 Å². The number of para-hydroxylation sites is 1. The number of nitrogens with one attached hydrogen (secondary N) is 1. The van der Waals surface area contributed by atoms with Crippen LogP contribution in [0.3, 0.4) is 0 Å². The first kappa shape index (κ1) is 13.6. The molecule has 0 atom stereocenters. The van der Waals surface area contributed by atoms with Crippen LogP contribution < -0.4 is 14.8 Å². The first-order valence-electron chi connectivity index (χ1n) is 6.36. The quantitative estimate of drug-likeness (QED) is 0.680. The van der Waals surface area contributed by atoms with Crippen LogP contribution in [0.5, 0.6) is 11.5 Å². The zero-order chi connectivity index (χ0) is 15.5. The number of nitro groups is 1. The van der Waals surface area contributed by atoms with Gasteiger partial charge in [0.25, 0.3) is 0 Å². The van der Waals surface area contributed by atoms with Crippen molar-refractivity contribution < 1.29 is 14.4 Å². The molecule has 22 heavy (non-hydrogen) atoms. The van der Waals surface area contributed by atoms with E-state index in [0.29, 0.717) is 23.9 Å². The van der Waals surface area contributed by atoms with Crippen LogP contribution >= 0.6 is 0 Å². The minimum Gasteiger partial charge on any atom is -0.454 e. The summed E-state index contributed by atoms with van der Waals surface area (Å²) in [6.45, 7) is 0.572. The molecule has 1 aromatic heterocycles. The van der Waals surface area contributed by atoms with Gasteiger partial charge < -0.3 is 14.8 Å². The van der Waals surface area contributed by atoms with E-state index in [-0.39, 0.29) is 18.2 Å². The molecule has 8 nitrogen and oxygen atoms in total. The van der Waals surface area contributed by atoms with E-state index in [1.54, 1.807) is 6.07 Å². The van der Waals surface area contributed by atoms with E-state index in [2.05, 4.69) is 10.3 Å². The Morgan fingerprint density at radius 3 is 3.00 bits per heavy atom. The Morgan fingerprint density at radius 2 is 2.23 bits per heavy atom. The lowest BCUT2D eigenvalue weighted by Crippen LogP contribution is -2.04. The lowest BCUT2D eigenvalue weighted by atomic mass is 10.2. The molecule has 2 aromatic rings. The third-order valence-electron chi connectivity index (χ3n) is 3.11. The molecule has 1 N–H and O–H groups in total. The Morgan fingerprint density at radius 1 is 1.36 bits per heavy atom. The summed E-state index contributed by atoms with van der Waals surface area (Å²) in [5.74, 6) is 1.71. The number of anilines is 1. The third kappa shape index (κ3) is 2.47. The Kier molecular flexibility index (Phi) is 3.45. The van der Waals surface area contributed by atoms with Gasteiger partial charge in [-0.25, -0.2) is 4.98 Å². The van der Waals surface area contributed by atoms with Crippen molar-refractivity contribution >= 4 is 11.5 Å². The molecule has 0 aliphatic carbocycles. The minimum atomic E-state index is -0.634. The van der Waals surface area contributed by atoms with Crippen LogP contribution in [0.1, 0.15) is 11.3 Å². The highest BCUT2D eigenvalue weighted by atomic mass is 16.7. The second kappa shape index (κ2) is 5.57. The molecule has 1 aromatic carbocycles. The van der Waals surface area contributed by atoms with Crippen molar-refractivity contribution in [2.45, 2.75) is 6.54 Å². The molecule has 0 fully saturated rings. The lowest BCUT2D eigenvalue weighted by molar-refractivity contribution is -0.385. The molecule has 8 heteroatoms. The van der Waals surface area contributed by atoms with Crippen LogP contribution in [-0.2, 0) is 6.54 Å². The van der Waals surface area contributed by atoms with E-state index in [4.69, 9.17) is 14.7 Å². The van der Waals surface area contributed by atoms with Gasteiger partial charge in [-0.05, 0) is 12.1 Å². The monoisotopic (exact) mass is 298 g/mol. The molecule has 3 rings (SSSR count). The second-order valence-electron chi connectivity index (χ2n) is 4.44. The fraction of sp³-hybridized carbons (Fsp3) is 0.143. The average molecular weight is 298 g/mol.